The average molecular weight is 566 g/mol. The van der Waals surface area contributed by atoms with Crippen LogP contribution in [0, 0.1) is 16.7 Å². The van der Waals surface area contributed by atoms with Crippen molar-refractivity contribution in [3.05, 3.63) is 76.3 Å². The molecule has 0 amide bonds. The predicted octanol–water partition coefficient (Wildman–Crippen LogP) is 5.52. The van der Waals surface area contributed by atoms with Crippen LogP contribution in [0.1, 0.15) is 25.1 Å². The Labute approximate surface area is 233 Å². The Bertz CT molecular complexity index is 1480. The Kier molecular flexibility index (Phi) is 8.91. The number of nitriles is 1. The Hall–Kier alpha value is -4.27. The van der Waals surface area contributed by atoms with Gasteiger partial charge < -0.3 is 14.2 Å². The van der Waals surface area contributed by atoms with E-state index in [0.717, 1.165) is 16.1 Å². The van der Waals surface area contributed by atoms with Crippen LogP contribution >= 0.6 is 22.9 Å². The molecule has 12 heteroatoms. The molecule has 0 unspecified atom stereocenters. The molecule has 200 valence electrons. The summed E-state index contributed by atoms with van der Waals surface area (Å²) in [5, 5.41) is 21.2. The summed E-state index contributed by atoms with van der Waals surface area (Å²) in [4.78, 5) is 30.3. The number of benzene rings is 2. The molecule has 0 N–H and O–H groups in total. The van der Waals surface area contributed by atoms with E-state index in [1.165, 1.54) is 16.1 Å². The standard InChI is InChI=1S/C27H24ClN5O5S/c1-27(2,25(34)37-15-18-6-4-3-5-7-18)17-38-26(35)36-13-12-33-31-21(14-29)23(32-33)22-16-39-24(30-22)19-8-10-20(28)11-9-19/h3-11,16H,12-13,15,17H2,1-2H3. The van der Waals surface area contributed by atoms with Gasteiger partial charge in [-0.25, -0.2) is 9.78 Å². The second-order valence-electron chi connectivity index (χ2n) is 8.98. The van der Waals surface area contributed by atoms with Gasteiger partial charge in [-0.15, -0.1) is 16.4 Å². The summed E-state index contributed by atoms with van der Waals surface area (Å²) in [6, 6.07) is 18.6. The summed E-state index contributed by atoms with van der Waals surface area (Å²) in [6.07, 6.45) is -0.945. The quantitative estimate of drug-likeness (QED) is 0.228. The van der Waals surface area contributed by atoms with Crippen LogP contribution in [0.4, 0.5) is 4.79 Å². The van der Waals surface area contributed by atoms with Crippen LogP contribution in [0.3, 0.4) is 0 Å². The number of nitrogens with zero attached hydrogens (tertiary/aromatic N) is 5. The van der Waals surface area contributed by atoms with E-state index in [1.54, 1.807) is 31.4 Å². The molecular weight excluding hydrogens is 542 g/mol. The summed E-state index contributed by atoms with van der Waals surface area (Å²) in [6.45, 7) is 3.11. The zero-order chi connectivity index (χ0) is 27.8. The fraction of sp³-hybridized carbons (Fsp3) is 0.259. The molecule has 0 bridgehead atoms. The maximum atomic E-state index is 12.4. The molecule has 2 aromatic heterocycles. The van der Waals surface area contributed by atoms with Gasteiger partial charge in [0.05, 0.1) is 12.0 Å². The lowest BCUT2D eigenvalue weighted by Gasteiger charge is -2.22. The van der Waals surface area contributed by atoms with Gasteiger partial charge in [0.25, 0.3) is 0 Å². The number of ether oxygens (including phenoxy) is 3. The molecule has 4 rings (SSSR count). The number of rotatable bonds is 10. The van der Waals surface area contributed by atoms with Crippen molar-refractivity contribution in [2.75, 3.05) is 13.2 Å². The second-order valence-corrected chi connectivity index (χ2v) is 10.3. The van der Waals surface area contributed by atoms with Gasteiger partial charge in [0.2, 0.25) is 0 Å². The van der Waals surface area contributed by atoms with Crippen LogP contribution in [0.5, 0.6) is 0 Å². The van der Waals surface area contributed by atoms with Crippen molar-refractivity contribution in [2.24, 2.45) is 5.41 Å². The lowest BCUT2D eigenvalue weighted by molar-refractivity contribution is -0.157. The number of hydrogen-bond acceptors (Lipinski definition) is 10. The van der Waals surface area contributed by atoms with Crippen LogP contribution in [-0.2, 0) is 32.2 Å². The molecule has 0 saturated carbocycles. The van der Waals surface area contributed by atoms with Crippen molar-refractivity contribution < 1.29 is 23.8 Å². The molecule has 0 aliphatic rings. The molecule has 0 fully saturated rings. The van der Waals surface area contributed by atoms with Crippen molar-refractivity contribution in [2.45, 2.75) is 27.0 Å². The van der Waals surface area contributed by atoms with E-state index < -0.39 is 17.5 Å². The number of carbonyl (C=O) groups excluding carboxylic acids is 2. The summed E-state index contributed by atoms with van der Waals surface area (Å²) in [5.74, 6) is -0.502. The molecule has 10 nitrogen and oxygen atoms in total. The van der Waals surface area contributed by atoms with Crippen molar-refractivity contribution in [3.63, 3.8) is 0 Å². The fourth-order valence-corrected chi connectivity index (χ4v) is 4.21. The Balaban J connectivity index is 1.26. The minimum atomic E-state index is -1.06. The van der Waals surface area contributed by atoms with Crippen molar-refractivity contribution in [3.8, 4) is 28.0 Å². The molecule has 2 aromatic carbocycles. The molecule has 39 heavy (non-hydrogen) atoms. The van der Waals surface area contributed by atoms with Gasteiger partial charge in [-0.3, -0.25) is 4.79 Å². The molecule has 0 atom stereocenters. The van der Waals surface area contributed by atoms with Crippen LogP contribution in [0.25, 0.3) is 22.0 Å². The predicted molar refractivity (Wildman–Crippen MR) is 144 cm³/mol. The van der Waals surface area contributed by atoms with E-state index in [4.69, 9.17) is 25.8 Å². The summed E-state index contributed by atoms with van der Waals surface area (Å²) < 4.78 is 15.5. The van der Waals surface area contributed by atoms with Crippen LogP contribution in [-0.4, -0.2) is 45.3 Å². The first kappa shape index (κ1) is 27.8. The zero-order valence-corrected chi connectivity index (χ0v) is 22.7. The van der Waals surface area contributed by atoms with Crippen LogP contribution in [0.15, 0.2) is 60.0 Å². The summed E-state index contributed by atoms with van der Waals surface area (Å²) in [5.41, 5.74) is 1.62. The largest absolute Gasteiger partial charge is 0.508 e. The third kappa shape index (κ3) is 7.40. The first-order valence-corrected chi connectivity index (χ1v) is 13.1. The molecule has 0 radical (unpaired) electrons. The van der Waals surface area contributed by atoms with E-state index in [-0.39, 0.29) is 32.1 Å². The van der Waals surface area contributed by atoms with Gasteiger partial charge in [-0.1, -0.05) is 54.1 Å². The van der Waals surface area contributed by atoms with Crippen LogP contribution < -0.4 is 0 Å². The molecular formula is C27H24ClN5O5S. The van der Waals surface area contributed by atoms with Gasteiger partial charge in [-0.2, -0.15) is 15.2 Å². The van der Waals surface area contributed by atoms with Gasteiger partial charge >= 0.3 is 12.1 Å². The molecule has 0 saturated heterocycles. The number of thiazole rings is 1. The summed E-state index contributed by atoms with van der Waals surface area (Å²) >= 11 is 7.36. The van der Waals surface area contributed by atoms with E-state index in [0.29, 0.717) is 16.4 Å². The van der Waals surface area contributed by atoms with E-state index >= 15 is 0 Å². The molecule has 0 aliphatic heterocycles. The number of aromatic nitrogens is 4. The van der Waals surface area contributed by atoms with Crippen molar-refractivity contribution >= 4 is 35.1 Å². The van der Waals surface area contributed by atoms with Gasteiger partial charge in [0.1, 0.15) is 36.6 Å². The fourth-order valence-electron chi connectivity index (χ4n) is 3.27. The lowest BCUT2D eigenvalue weighted by Crippen LogP contribution is -2.32. The molecule has 0 aliphatic carbocycles. The maximum Gasteiger partial charge on any atom is 0.508 e. The smallest absolute Gasteiger partial charge is 0.460 e. The first-order chi connectivity index (χ1) is 18.7. The topological polar surface area (TPSA) is 129 Å². The third-order valence-electron chi connectivity index (χ3n) is 5.43. The van der Waals surface area contributed by atoms with E-state index in [9.17, 15) is 14.9 Å². The third-order valence-corrected chi connectivity index (χ3v) is 6.57. The Morgan fingerprint density at radius 2 is 1.79 bits per heavy atom. The average Bonchev–Trinajstić information content (AvgIpc) is 3.59. The van der Waals surface area contributed by atoms with Crippen molar-refractivity contribution in [1.29, 1.82) is 5.26 Å². The highest BCUT2D eigenvalue weighted by Crippen LogP contribution is 2.29. The number of hydrogen-bond donors (Lipinski definition) is 0. The highest BCUT2D eigenvalue weighted by Gasteiger charge is 2.31. The van der Waals surface area contributed by atoms with E-state index in [2.05, 4.69) is 15.2 Å². The maximum absolute atomic E-state index is 12.4. The van der Waals surface area contributed by atoms with Crippen molar-refractivity contribution in [1.82, 2.24) is 20.0 Å². The first-order valence-electron chi connectivity index (χ1n) is 11.8. The molecule has 4 aromatic rings. The Morgan fingerprint density at radius 1 is 1.05 bits per heavy atom. The minimum absolute atomic E-state index is 0.0838. The highest BCUT2D eigenvalue weighted by molar-refractivity contribution is 7.13. The SMILES string of the molecule is CC(C)(COC(=O)OCCn1nc(C#N)c(-c2csc(-c3ccc(Cl)cc3)n2)n1)C(=O)OCc1ccccc1. The number of carbonyl (C=O) groups is 2. The highest BCUT2D eigenvalue weighted by atomic mass is 35.5. The van der Waals surface area contributed by atoms with Gasteiger partial charge in [-0.05, 0) is 31.5 Å². The Morgan fingerprint density at radius 3 is 2.51 bits per heavy atom. The molecule has 0 spiro atoms. The zero-order valence-electron chi connectivity index (χ0n) is 21.2. The normalized spacial score (nSPS) is 11.0. The second kappa shape index (κ2) is 12.5. The minimum Gasteiger partial charge on any atom is -0.460 e. The number of esters is 1. The monoisotopic (exact) mass is 565 g/mol. The molecule has 2 heterocycles. The van der Waals surface area contributed by atoms with Gasteiger partial charge in [0.15, 0.2) is 11.4 Å². The van der Waals surface area contributed by atoms with E-state index in [1.807, 2.05) is 48.5 Å². The van der Waals surface area contributed by atoms with Gasteiger partial charge in [0, 0.05) is 16.0 Å². The number of halogens is 1. The van der Waals surface area contributed by atoms with Crippen LogP contribution in [0.2, 0.25) is 5.02 Å². The summed E-state index contributed by atoms with van der Waals surface area (Å²) in [7, 11) is 0. The lowest BCUT2D eigenvalue weighted by atomic mass is 9.95.